The fraction of sp³-hybridized carbons (Fsp3) is 0.0870. The van der Waals surface area contributed by atoms with E-state index >= 15 is 0 Å². The predicted octanol–water partition coefficient (Wildman–Crippen LogP) is 6.42. The summed E-state index contributed by atoms with van der Waals surface area (Å²) in [5, 5.41) is 2.49. The maximum absolute atomic E-state index is 13.2. The van der Waals surface area contributed by atoms with E-state index in [1.807, 2.05) is 12.1 Å². The summed E-state index contributed by atoms with van der Waals surface area (Å²) >= 11 is 1.38. The van der Waals surface area contributed by atoms with Crippen molar-refractivity contribution in [1.29, 1.82) is 0 Å². The number of primary amides is 1. The summed E-state index contributed by atoms with van der Waals surface area (Å²) in [5.74, 6) is -1.15. The van der Waals surface area contributed by atoms with Gasteiger partial charge in [-0.1, -0.05) is 18.2 Å². The summed E-state index contributed by atoms with van der Waals surface area (Å²) in [6.07, 6.45) is -7.52. The number of carbonyl (C=O) groups excluding carboxylic acids is 1. The van der Waals surface area contributed by atoms with Gasteiger partial charge in [-0.2, -0.15) is 26.3 Å². The quantitative estimate of drug-likeness (QED) is 0.263. The summed E-state index contributed by atoms with van der Waals surface area (Å²) in [4.78, 5) is 20.1. The van der Waals surface area contributed by atoms with E-state index in [1.54, 1.807) is 17.5 Å². The van der Waals surface area contributed by atoms with Gasteiger partial charge in [0.1, 0.15) is 0 Å². The van der Waals surface area contributed by atoms with Crippen molar-refractivity contribution in [3.05, 3.63) is 82.5 Å². The number of hydrogen-bond donors (Lipinski definition) is 1. The van der Waals surface area contributed by atoms with Gasteiger partial charge in [0.25, 0.3) is 0 Å². The fourth-order valence-corrected chi connectivity index (χ4v) is 4.25. The number of hydrogen-bond acceptors (Lipinski definition) is 4. The van der Waals surface area contributed by atoms with E-state index in [4.69, 9.17) is 5.73 Å². The maximum atomic E-state index is 13.2. The SMILES string of the molecule is NC(=O)/C(=C/c1ccnc(-c2cc(C(F)(F)F)cc(C(F)(F)F)c2)n1)c1csc2ccccc12. The van der Waals surface area contributed by atoms with Crippen molar-refractivity contribution in [2.75, 3.05) is 0 Å². The van der Waals surface area contributed by atoms with Crippen LogP contribution in [-0.2, 0) is 17.1 Å². The molecule has 2 heterocycles. The van der Waals surface area contributed by atoms with E-state index in [2.05, 4.69) is 9.97 Å². The van der Waals surface area contributed by atoms with Gasteiger partial charge >= 0.3 is 12.4 Å². The van der Waals surface area contributed by atoms with E-state index in [1.165, 1.54) is 29.7 Å². The fourth-order valence-electron chi connectivity index (χ4n) is 3.29. The normalized spacial score (nSPS) is 12.8. The highest BCUT2D eigenvalue weighted by atomic mass is 32.1. The minimum atomic E-state index is -5.01. The molecule has 0 spiro atoms. The van der Waals surface area contributed by atoms with E-state index in [9.17, 15) is 31.1 Å². The molecular weight excluding hydrogens is 480 g/mol. The third kappa shape index (κ3) is 4.79. The Morgan fingerprint density at radius 1 is 0.941 bits per heavy atom. The van der Waals surface area contributed by atoms with Crippen molar-refractivity contribution < 1.29 is 31.1 Å². The lowest BCUT2D eigenvalue weighted by Crippen LogP contribution is -2.13. The molecule has 2 aromatic carbocycles. The molecule has 0 saturated carbocycles. The monoisotopic (exact) mass is 493 g/mol. The molecule has 0 aliphatic heterocycles. The number of aromatic nitrogens is 2. The Labute approximate surface area is 192 Å². The second-order valence-corrected chi connectivity index (χ2v) is 8.08. The first-order valence-electron chi connectivity index (χ1n) is 9.54. The van der Waals surface area contributed by atoms with Gasteiger partial charge in [-0.25, -0.2) is 9.97 Å². The molecule has 2 aromatic heterocycles. The van der Waals surface area contributed by atoms with Crippen molar-refractivity contribution in [3.63, 3.8) is 0 Å². The Bertz CT molecular complexity index is 1390. The number of thiophene rings is 1. The van der Waals surface area contributed by atoms with Crippen LogP contribution in [0.3, 0.4) is 0 Å². The highest BCUT2D eigenvalue weighted by Gasteiger charge is 2.37. The molecule has 0 saturated heterocycles. The maximum Gasteiger partial charge on any atom is 0.416 e. The molecule has 0 aliphatic rings. The van der Waals surface area contributed by atoms with Crippen molar-refractivity contribution in [3.8, 4) is 11.4 Å². The van der Waals surface area contributed by atoms with Gasteiger partial charge in [0.15, 0.2) is 5.82 Å². The molecule has 11 heteroatoms. The Hall–Kier alpha value is -3.73. The van der Waals surface area contributed by atoms with Crippen LogP contribution in [0.4, 0.5) is 26.3 Å². The molecule has 0 atom stereocenters. The van der Waals surface area contributed by atoms with Crippen molar-refractivity contribution in [1.82, 2.24) is 9.97 Å². The van der Waals surface area contributed by atoms with Crippen LogP contribution in [-0.4, -0.2) is 15.9 Å². The van der Waals surface area contributed by atoms with Gasteiger partial charge in [0.05, 0.1) is 16.8 Å². The molecule has 4 aromatic rings. The number of benzene rings is 2. The molecule has 4 rings (SSSR count). The molecule has 34 heavy (non-hydrogen) atoms. The standard InChI is InChI=1S/C23H13F6N3OS/c24-22(25,26)13-7-12(8-14(9-13)23(27,28)29)21-31-6-5-15(32-21)10-17(20(30)33)18-11-34-19-4-2-1-3-16(18)19/h1-11H,(H2,30,33)/b17-10+. The average Bonchev–Trinajstić information content (AvgIpc) is 3.20. The van der Waals surface area contributed by atoms with Gasteiger partial charge < -0.3 is 5.73 Å². The molecule has 0 unspecified atom stereocenters. The summed E-state index contributed by atoms with van der Waals surface area (Å²) in [7, 11) is 0. The molecular formula is C23H13F6N3OS. The van der Waals surface area contributed by atoms with Crippen molar-refractivity contribution in [2.24, 2.45) is 5.73 Å². The van der Waals surface area contributed by atoms with Crippen LogP contribution >= 0.6 is 11.3 Å². The first-order chi connectivity index (χ1) is 15.9. The van der Waals surface area contributed by atoms with Crippen LogP contribution in [0.5, 0.6) is 0 Å². The third-order valence-electron chi connectivity index (χ3n) is 4.85. The number of amides is 1. The van der Waals surface area contributed by atoms with E-state index in [0.29, 0.717) is 17.7 Å². The van der Waals surface area contributed by atoms with Crippen LogP contribution < -0.4 is 5.73 Å². The topological polar surface area (TPSA) is 68.9 Å². The highest BCUT2D eigenvalue weighted by Crippen LogP contribution is 2.38. The van der Waals surface area contributed by atoms with E-state index in [-0.39, 0.29) is 23.2 Å². The summed E-state index contributed by atoms with van der Waals surface area (Å²) < 4.78 is 80.2. The zero-order valence-electron chi connectivity index (χ0n) is 16.9. The zero-order chi connectivity index (χ0) is 24.7. The molecule has 0 fully saturated rings. The number of halogens is 6. The minimum Gasteiger partial charge on any atom is -0.366 e. The molecule has 174 valence electrons. The Kier molecular flexibility index (Phi) is 5.90. The lowest BCUT2D eigenvalue weighted by Gasteiger charge is -2.14. The van der Waals surface area contributed by atoms with Crippen molar-refractivity contribution >= 4 is 39.0 Å². The number of alkyl halides is 6. The van der Waals surface area contributed by atoms with Crippen LogP contribution in [0.2, 0.25) is 0 Å². The Balaban J connectivity index is 1.83. The molecule has 1 amide bonds. The Morgan fingerprint density at radius 2 is 1.59 bits per heavy atom. The number of nitrogens with zero attached hydrogens (tertiary/aromatic N) is 2. The van der Waals surface area contributed by atoms with Crippen LogP contribution in [0, 0.1) is 0 Å². The second-order valence-electron chi connectivity index (χ2n) is 7.17. The molecule has 2 N–H and O–H groups in total. The summed E-state index contributed by atoms with van der Waals surface area (Å²) in [6.45, 7) is 0. The third-order valence-corrected chi connectivity index (χ3v) is 5.82. The molecule has 0 aliphatic carbocycles. The smallest absolute Gasteiger partial charge is 0.366 e. The lowest BCUT2D eigenvalue weighted by molar-refractivity contribution is -0.143. The summed E-state index contributed by atoms with van der Waals surface area (Å²) in [6, 6.07) is 9.74. The van der Waals surface area contributed by atoms with Crippen LogP contribution in [0.1, 0.15) is 22.4 Å². The largest absolute Gasteiger partial charge is 0.416 e. The first kappa shape index (κ1) is 23.4. The minimum absolute atomic E-state index is 0.0279. The molecule has 0 bridgehead atoms. The lowest BCUT2D eigenvalue weighted by atomic mass is 10.0. The summed E-state index contributed by atoms with van der Waals surface area (Å²) in [5.41, 5.74) is 2.82. The molecule has 0 radical (unpaired) electrons. The van der Waals surface area contributed by atoms with Gasteiger partial charge in [-0.3, -0.25) is 4.79 Å². The van der Waals surface area contributed by atoms with Gasteiger partial charge in [-0.05, 0) is 36.4 Å². The van der Waals surface area contributed by atoms with Gasteiger partial charge in [0.2, 0.25) is 5.91 Å². The van der Waals surface area contributed by atoms with Gasteiger partial charge in [-0.15, -0.1) is 11.3 Å². The van der Waals surface area contributed by atoms with Crippen LogP contribution in [0.25, 0.3) is 33.1 Å². The first-order valence-corrected chi connectivity index (χ1v) is 10.4. The average molecular weight is 493 g/mol. The molecule has 4 nitrogen and oxygen atoms in total. The van der Waals surface area contributed by atoms with E-state index in [0.717, 1.165) is 10.1 Å². The Morgan fingerprint density at radius 3 is 2.21 bits per heavy atom. The van der Waals surface area contributed by atoms with Crippen LogP contribution in [0.15, 0.2) is 60.1 Å². The number of nitrogens with two attached hydrogens (primary N) is 1. The second kappa shape index (κ2) is 8.56. The number of carbonyl (C=O) groups is 1. The number of rotatable bonds is 4. The zero-order valence-corrected chi connectivity index (χ0v) is 17.7. The predicted molar refractivity (Wildman–Crippen MR) is 116 cm³/mol. The highest BCUT2D eigenvalue weighted by molar-refractivity contribution is 7.17. The van der Waals surface area contributed by atoms with E-state index < -0.39 is 35.0 Å². The number of fused-ring (bicyclic) bond motifs is 1. The van der Waals surface area contributed by atoms with Crippen molar-refractivity contribution in [2.45, 2.75) is 12.4 Å². The van der Waals surface area contributed by atoms with Gasteiger partial charge in [0, 0.05) is 38.4 Å².